The zero-order valence-corrected chi connectivity index (χ0v) is 11.8. The monoisotopic (exact) mass is 319 g/mol. The predicted molar refractivity (Wildman–Crippen MR) is 69.8 cm³/mol. The molecule has 18 heavy (non-hydrogen) atoms. The quantitative estimate of drug-likeness (QED) is 0.794. The summed E-state index contributed by atoms with van der Waals surface area (Å²) in [6.07, 6.45) is 0.0797. The molecule has 2 rings (SSSR count). The summed E-state index contributed by atoms with van der Waals surface area (Å²) < 4.78 is 32.8. The first kappa shape index (κ1) is 13.9. The van der Waals surface area contributed by atoms with Crippen molar-refractivity contribution in [3.63, 3.8) is 0 Å². The van der Waals surface area contributed by atoms with Crippen LogP contribution < -0.4 is 0 Å². The Hall–Kier alpha value is -0.520. The van der Waals surface area contributed by atoms with Gasteiger partial charge >= 0.3 is 0 Å². The molecule has 0 N–H and O–H groups in total. The zero-order valence-electron chi connectivity index (χ0n) is 10.2. The lowest BCUT2D eigenvalue weighted by molar-refractivity contribution is -0.0506. The lowest BCUT2D eigenvalue weighted by atomic mass is 10.1. The summed E-state index contributed by atoms with van der Waals surface area (Å²) in [5, 5.41) is 0.732. The van der Waals surface area contributed by atoms with Gasteiger partial charge in [0, 0.05) is 30.0 Å². The Kier molecular flexibility index (Phi) is 4.70. The molecule has 0 radical (unpaired) electrons. The zero-order chi connectivity index (χ0) is 13.1. The molecule has 0 saturated carbocycles. The maximum Gasteiger partial charge on any atom is 0.130 e. The molecule has 2 nitrogen and oxygen atoms in total. The van der Waals surface area contributed by atoms with Crippen LogP contribution in [0.1, 0.15) is 12.5 Å². The average Bonchev–Trinajstić information content (AvgIpc) is 2.36. The van der Waals surface area contributed by atoms with Crippen molar-refractivity contribution in [3.8, 4) is 0 Å². The molecule has 0 bridgehead atoms. The van der Waals surface area contributed by atoms with Crippen molar-refractivity contribution in [2.45, 2.75) is 25.6 Å². The minimum atomic E-state index is -0.482. The number of benzene rings is 1. The first-order chi connectivity index (χ1) is 8.61. The van der Waals surface area contributed by atoms with Gasteiger partial charge in [0.15, 0.2) is 0 Å². The largest absolute Gasteiger partial charge is 0.374 e. The molecule has 1 aromatic rings. The second kappa shape index (κ2) is 6.08. The Morgan fingerprint density at radius 3 is 2.67 bits per heavy atom. The second-order valence-corrected chi connectivity index (χ2v) is 5.24. The van der Waals surface area contributed by atoms with Gasteiger partial charge in [-0.3, -0.25) is 4.90 Å². The third-order valence-electron chi connectivity index (χ3n) is 3.23. The smallest absolute Gasteiger partial charge is 0.130 e. The standard InChI is InChI=1S/C13H16BrF2NO/c1-9-8-18-10(5-14)6-17(9)7-11-12(15)3-2-4-13(11)16/h2-4,9-10H,5-8H2,1H3. The molecule has 1 saturated heterocycles. The molecule has 1 fully saturated rings. The van der Waals surface area contributed by atoms with Crippen molar-refractivity contribution in [1.82, 2.24) is 4.90 Å². The molecule has 1 aliphatic heterocycles. The number of hydrogen-bond donors (Lipinski definition) is 0. The van der Waals surface area contributed by atoms with E-state index in [2.05, 4.69) is 20.8 Å². The highest BCUT2D eigenvalue weighted by atomic mass is 79.9. The molecule has 0 aromatic heterocycles. The Morgan fingerprint density at radius 2 is 2.06 bits per heavy atom. The van der Waals surface area contributed by atoms with Gasteiger partial charge < -0.3 is 4.74 Å². The highest BCUT2D eigenvalue weighted by Crippen LogP contribution is 2.20. The molecule has 2 unspecified atom stereocenters. The van der Waals surface area contributed by atoms with Crippen molar-refractivity contribution in [1.29, 1.82) is 0 Å². The Bertz CT molecular complexity index is 396. The van der Waals surface area contributed by atoms with E-state index in [9.17, 15) is 8.78 Å². The minimum absolute atomic E-state index is 0.0797. The van der Waals surface area contributed by atoms with E-state index in [0.717, 1.165) is 5.33 Å². The summed E-state index contributed by atoms with van der Waals surface area (Å²) >= 11 is 3.37. The fraction of sp³-hybridized carbons (Fsp3) is 0.538. The lowest BCUT2D eigenvalue weighted by Crippen LogP contribution is -2.48. The summed E-state index contributed by atoms with van der Waals surface area (Å²) in [6.45, 7) is 3.56. The SMILES string of the molecule is CC1COC(CBr)CN1Cc1c(F)cccc1F. The van der Waals surface area contributed by atoms with Gasteiger partial charge in [0.1, 0.15) is 11.6 Å². The number of hydrogen-bond acceptors (Lipinski definition) is 2. The van der Waals surface area contributed by atoms with Crippen molar-refractivity contribution in [2.75, 3.05) is 18.5 Å². The van der Waals surface area contributed by atoms with Crippen LogP contribution >= 0.6 is 15.9 Å². The highest BCUT2D eigenvalue weighted by Gasteiger charge is 2.26. The van der Waals surface area contributed by atoms with E-state index in [1.54, 1.807) is 0 Å². The van der Waals surface area contributed by atoms with Gasteiger partial charge in [0.2, 0.25) is 0 Å². The van der Waals surface area contributed by atoms with Crippen LogP contribution in [0.2, 0.25) is 0 Å². The number of alkyl halides is 1. The summed E-state index contributed by atoms with van der Waals surface area (Å²) in [5.41, 5.74) is 0.138. The van der Waals surface area contributed by atoms with E-state index in [4.69, 9.17) is 4.74 Å². The van der Waals surface area contributed by atoms with E-state index in [0.29, 0.717) is 13.2 Å². The fourth-order valence-corrected chi connectivity index (χ4v) is 2.47. The van der Waals surface area contributed by atoms with Gasteiger partial charge in [-0.15, -0.1) is 0 Å². The predicted octanol–water partition coefficient (Wildman–Crippen LogP) is 2.95. The van der Waals surface area contributed by atoms with Gasteiger partial charge in [-0.05, 0) is 19.1 Å². The van der Waals surface area contributed by atoms with Crippen LogP contribution in [0.25, 0.3) is 0 Å². The van der Waals surface area contributed by atoms with Crippen molar-refractivity contribution in [2.24, 2.45) is 0 Å². The van der Waals surface area contributed by atoms with E-state index in [1.165, 1.54) is 18.2 Å². The molecule has 0 aliphatic carbocycles. The summed E-state index contributed by atoms with van der Waals surface area (Å²) in [7, 11) is 0. The van der Waals surface area contributed by atoms with E-state index < -0.39 is 11.6 Å². The number of rotatable bonds is 3. The number of halogens is 3. The normalized spacial score (nSPS) is 25.3. The van der Waals surface area contributed by atoms with Crippen molar-refractivity contribution in [3.05, 3.63) is 35.4 Å². The molecule has 2 atom stereocenters. The summed E-state index contributed by atoms with van der Waals surface area (Å²) in [4.78, 5) is 2.05. The maximum absolute atomic E-state index is 13.6. The lowest BCUT2D eigenvalue weighted by Gasteiger charge is -2.37. The second-order valence-electron chi connectivity index (χ2n) is 4.59. The molecular formula is C13H16BrF2NO. The van der Waals surface area contributed by atoms with Gasteiger partial charge in [-0.1, -0.05) is 22.0 Å². The maximum atomic E-state index is 13.6. The van der Waals surface area contributed by atoms with Crippen LogP contribution in [-0.2, 0) is 11.3 Å². The summed E-state index contributed by atoms with van der Waals surface area (Å²) in [6, 6.07) is 4.15. The van der Waals surface area contributed by atoms with E-state index in [1.807, 2.05) is 6.92 Å². The van der Waals surface area contributed by atoms with Crippen LogP contribution in [-0.4, -0.2) is 35.5 Å². The van der Waals surface area contributed by atoms with E-state index in [-0.39, 0.29) is 24.3 Å². The topological polar surface area (TPSA) is 12.5 Å². The molecule has 1 aliphatic rings. The van der Waals surface area contributed by atoms with Crippen LogP contribution in [0, 0.1) is 11.6 Å². The highest BCUT2D eigenvalue weighted by molar-refractivity contribution is 9.09. The summed E-state index contributed by atoms with van der Waals surface area (Å²) in [5.74, 6) is -0.965. The molecule has 1 heterocycles. The molecule has 100 valence electrons. The van der Waals surface area contributed by atoms with Crippen LogP contribution in [0.3, 0.4) is 0 Å². The Labute approximate surface area is 114 Å². The average molecular weight is 320 g/mol. The molecule has 5 heteroatoms. The van der Waals surface area contributed by atoms with Crippen molar-refractivity contribution >= 4 is 15.9 Å². The fourth-order valence-electron chi connectivity index (χ4n) is 2.08. The van der Waals surface area contributed by atoms with Crippen LogP contribution in [0.15, 0.2) is 18.2 Å². The van der Waals surface area contributed by atoms with Crippen LogP contribution in [0.5, 0.6) is 0 Å². The molecule has 0 spiro atoms. The third-order valence-corrected chi connectivity index (χ3v) is 3.95. The third kappa shape index (κ3) is 3.08. The van der Waals surface area contributed by atoms with Gasteiger partial charge in [0.25, 0.3) is 0 Å². The van der Waals surface area contributed by atoms with Crippen LogP contribution in [0.4, 0.5) is 8.78 Å². The molecule has 1 aromatic carbocycles. The van der Waals surface area contributed by atoms with Gasteiger partial charge in [0.05, 0.1) is 12.7 Å². The molecule has 0 amide bonds. The first-order valence-corrected chi connectivity index (χ1v) is 7.08. The van der Waals surface area contributed by atoms with Gasteiger partial charge in [-0.25, -0.2) is 8.78 Å². The molecular weight excluding hydrogens is 304 g/mol. The van der Waals surface area contributed by atoms with Gasteiger partial charge in [-0.2, -0.15) is 0 Å². The van der Waals surface area contributed by atoms with E-state index >= 15 is 0 Å². The number of ether oxygens (including phenoxy) is 1. The van der Waals surface area contributed by atoms with Crippen molar-refractivity contribution < 1.29 is 13.5 Å². The Balaban J connectivity index is 2.12. The first-order valence-electron chi connectivity index (χ1n) is 5.96. The Morgan fingerprint density at radius 1 is 1.39 bits per heavy atom. The minimum Gasteiger partial charge on any atom is -0.374 e. The number of morpholine rings is 1. The number of nitrogens with zero attached hydrogens (tertiary/aromatic N) is 1.